The highest BCUT2D eigenvalue weighted by molar-refractivity contribution is 5.97. The molecule has 0 radical (unpaired) electrons. The molecule has 1 amide bonds. The Morgan fingerprint density at radius 1 is 1.00 bits per heavy atom. The first-order chi connectivity index (χ1) is 13.2. The number of para-hydroxylation sites is 1. The summed E-state index contributed by atoms with van der Waals surface area (Å²) < 4.78 is 11.3. The Morgan fingerprint density at radius 3 is 2.25 bits per heavy atom. The number of carbonyl (C=O) groups is 1. The average molecular weight is 383 g/mol. The third-order valence-electron chi connectivity index (χ3n) is 4.92. The van der Waals surface area contributed by atoms with E-state index >= 15 is 0 Å². The maximum absolute atomic E-state index is 12.9. The topological polar surface area (TPSA) is 59.6 Å². The number of nitrogens with one attached hydrogen (secondary N) is 2. The normalized spacial score (nSPS) is 18.3. The Labute approximate surface area is 167 Å². The Kier molecular flexibility index (Phi) is 5.66. The van der Waals surface area contributed by atoms with Gasteiger partial charge in [-0.05, 0) is 64.8 Å². The second-order valence-electron chi connectivity index (χ2n) is 8.75. The highest BCUT2D eigenvalue weighted by Gasteiger charge is 2.38. The molecule has 1 aliphatic rings. The van der Waals surface area contributed by atoms with Gasteiger partial charge in [-0.15, -0.1) is 0 Å². The van der Waals surface area contributed by atoms with E-state index in [1.165, 1.54) is 0 Å². The molecule has 2 N–H and O–H groups in total. The number of hydrogen-bond acceptors (Lipinski definition) is 4. The molecule has 0 saturated carbocycles. The van der Waals surface area contributed by atoms with E-state index in [1.54, 1.807) is 25.3 Å². The second kappa shape index (κ2) is 7.84. The lowest BCUT2D eigenvalue weighted by Gasteiger charge is -2.46. The molecule has 1 aliphatic heterocycles. The molecule has 0 aromatic heterocycles. The number of methoxy groups -OCH3 is 1. The van der Waals surface area contributed by atoms with Gasteiger partial charge in [0, 0.05) is 23.2 Å². The van der Waals surface area contributed by atoms with Crippen LogP contribution < -0.4 is 20.1 Å². The van der Waals surface area contributed by atoms with Gasteiger partial charge in [0.15, 0.2) is 0 Å². The average Bonchev–Trinajstić information content (AvgIpc) is 2.59. The van der Waals surface area contributed by atoms with Crippen LogP contribution in [0.3, 0.4) is 0 Å². The van der Waals surface area contributed by atoms with Crippen LogP contribution in [-0.2, 0) is 0 Å². The Morgan fingerprint density at radius 2 is 1.64 bits per heavy atom. The summed E-state index contributed by atoms with van der Waals surface area (Å²) >= 11 is 0. The standard InChI is InChI=1S/C23H30N2O3/c1-22(2)14-16(15-23(3,4)25-22)24-21(26)19-12-11-18(13-20(19)27-5)28-17-9-7-6-8-10-17/h6-13,16,25H,14-15H2,1-5H3,(H,24,26). The van der Waals surface area contributed by atoms with Crippen LogP contribution in [-0.4, -0.2) is 30.1 Å². The van der Waals surface area contributed by atoms with Crippen molar-refractivity contribution in [2.75, 3.05) is 7.11 Å². The number of carbonyl (C=O) groups excluding carboxylic acids is 1. The molecule has 0 aliphatic carbocycles. The summed E-state index contributed by atoms with van der Waals surface area (Å²) in [7, 11) is 1.56. The van der Waals surface area contributed by atoms with Crippen LogP contribution in [0, 0.1) is 0 Å². The molecule has 0 atom stereocenters. The molecule has 0 unspecified atom stereocenters. The Bertz CT molecular complexity index is 815. The summed E-state index contributed by atoms with van der Waals surface area (Å²) in [4.78, 5) is 12.9. The van der Waals surface area contributed by atoms with E-state index in [0.717, 1.165) is 18.6 Å². The van der Waals surface area contributed by atoms with Gasteiger partial charge in [-0.25, -0.2) is 0 Å². The third kappa shape index (κ3) is 5.04. The van der Waals surface area contributed by atoms with Gasteiger partial charge in [-0.2, -0.15) is 0 Å². The van der Waals surface area contributed by atoms with Gasteiger partial charge in [-0.1, -0.05) is 18.2 Å². The SMILES string of the molecule is COc1cc(Oc2ccccc2)ccc1C(=O)NC1CC(C)(C)NC(C)(C)C1. The summed E-state index contributed by atoms with van der Waals surface area (Å²) in [6.45, 7) is 8.68. The van der Waals surface area contributed by atoms with Crippen molar-refractivity contribution in [3.8, 4) is 17.2 Å². The summed E-state index contributed by atoms with van der Waals surface area (Å²) in [5, 5.41) is 6.83. The highest BCUT2D eigenvalue weighted by Crippen LogP contribution is 2.31. The van der Waals surface area contributed by atoms with Crippen LogP contribution in [0.5, 0.6) is 17.2 Å². The maximum atomic E-state index is 12.9. The lowest BCUT2D eigenvalue weighted by molar-refractivity contribution is 0.0870. The highest BCUT2D eigenvalue weighted by atomic mass is 16.5. The zero-order valence-electron chi connectivity index (χ0n) is 17.3. The summed E-state index contributed by atoms with van der Waals surface area (Å²) in [6.07, 6.45) is 1.75. The Balaban J connectivity index is 1.74. The van der Waals surface area contributed by atoms with Crippen LogP contribution in [0.1, 0.15) is 50.9 Å². The second-order valence-corrected chi connectivity index (χ2v) is 8.75. The number of piperidine rings is 1. The molecule has 28 heavy (non-hydrogen) atoms. The maximum Gasteiger partial charge on any atom is 0.255 e. The number of hydrogen-bond donors (Lipinski definition) is 2. The molecular weight excluding hydrogens is 352 g/mol. The van der Waals surface area contributed by atoms with E-state index in [1.807, 2.05) is 30.3 Å². The molecule has 0 bridgehead atoms. The van der Waals surface area contributed by atoms with Crippen LogP contribution in [0.25, 0.3) is 0 Å². The first-order valence-corrected chi connectivity index (χ1v) is 9.69. The van der Waals surface area contributed by atoms with Gasteiger partial charge >= 0.3 is 0 Å². The minimum Gasteiger partial charge on any atom is -0.496 e. The smallest absolute Gasteiger partial charge is 0.255 e. The fraction of sp³-hybridized carbons (Fsp3) is 0.435. The van der Waals surface area contributed by atoms with Crippen molar-refractivity contribution in [2.45, 2.75) is 57.7 Å². The molecule has 5 heteroatoms. The van der Waals surface area contributed by atoms with Crippen molar-refractivity contribution in [1.29, 1.82) is 0 Å². The van der Waals surface area contributed by atoms with E-state index < -0.39 is 0 Å². The van der Waals surface area contributed by atoms with E-state index in [2.05, 4.69) is 38.3 Å². The third-order valence-corrected chi connectivity index (χ3v) is 4.92. The molecule has 3 rings (SSSR count). The van der Waals surface area contributed by atoms with Crippen molar-refractivity contribution in [1.82, 2.24) is 10.6 Å². The van der Waals surface area contributed by atoms with E-state index in [0.29, 0.717) is 17.1 Å². The zero-order chi connectivity index (χ0) is 20.4. The van der Waals surface area contributed by atoms with E-state index in [-0.39, 0.29) is 23.0 Å². The molecule has 2 aromatic carbocycles. The molecule has 2 aromatic rings. The fourth-order valence-corrected chi connectivity index (χ4v) is 4.23. The van der Waals surface area contributed by atoms with Crippen LogP contribution in [0.4, 0.5) is 0 Å². The lowest BCUT2D eigenvalue weighted by atomic mass is 9.79. The molecule has 5 nitrogen and oxygen atoms in total. The molecule has 0 spiro atoms. The van der Waals surface area contributed by atoms with Gasteiger partial charge in [0.25, 0.3) is 5.91 Å². The lowest BCUT2D eigenvalue weighted by Crippen LogP contribution is -2.62. The van der Waals surface area contributed by atoms with Crippen LogP contribution in [0.2, 0.25) is 0 Å². The van der Waals surface area contributed by atoms with Gasteiger partial charge in [0.05, 0.1) is 12.7 Å². The van der Waals surface area contributed by atoms with Gasteiger partial charge in [-0.3, -0.25) is 4.79 Å². The molecule has 150 valence electrons. The van der Waals surface area contributed by atoms with Crippen molar-refractivity contribution in [3.05, 3.63) is 54.1 Å². The number of amides is 1. The summed E-state index contributed by atoms with van der Waals surface area (Å²) in [5.74, 6) is 1.74. The predicted molar refractivity (Wildman–Crippen MR) is 111 cm³/mol. The van der Waals surface area contributed by atoms with Gasteiger partial charge in [0.1, 0.15) is 17.2 Å². The number of benzene rings is 2. The number of rotatable bonds is 5. The summed E-state index contributed by atoms with van der Waals surface area (Å²) in [6, 6.07) is 14.9. The quantitative estimate of drug-likeness (QED) is 0.798. The molecule has 1 heterocycles. The van der Waals surface area contributed by atoms with Crippen molar-refractivity contribution < 1.29 is 14.3 Å². The van der Waals surface area contributed by atoms with Crippen molar-refractivity contribution in [3.63, 3.8) is 0 Å². The van der Waals surface area contributed by atoms with Crippen molar-refractivity contribution in [2.24, 2.45) is 0 Å². The van der Waals surface area contributed by atoms with Crippen LogP contribution >= 0.6 is 0 Å². The molecule has 1 saturated heterocycles. The van der Waals surface area contributed by atoms with Gasteiger partial charge in [0.2, 0.25) is 0 Å². The minimum atomic E-state index is -0.124. The zero-order valence-corrected chi connectivity index (χ0v) is 17.3. The minimum absolute atomic E-state index is 0.0306. The first-order valence-electron chi connectivity index (χ1n) is 9.69. The monoisotopic (exact) mass is 382 g/mol. The van der Waals surface area contributed by atoms with E-state index in [4.69, 9.17) is 9.47 Å². The molecular formula is C23H30N2O3. The predicted octanol–water partition coefficient (Wildman–Crippen LogP) is 4.53. The first kappa shape index (κ1) is 20.2. The van der Waals surface area contributed by atoms with Crippen molar-refractivity contribution >= 4 is 5.91 Å². The number of ether oxygens (including phenoxy) is 2. The summed E-state index contributed by atoms with van der Waals surface area (Å²) in [5.41, 5.74) is 0.450. The van der Waals surface area contributed by atoms with Crippen LogP contribution in [0.15, 0.2) is 48.5 Å². The largest absolute Gasteiger partial charge is 0.496 e. The molecule has 1 fully saturated rings. The van der Waals surface area contributed by atoms with E-state index in [9.17, 15) is 4.79 Å². The van der Waals surface area contributed by atoms with Gasteiger partial charge < -0.3 is 20.1 Å². The Hall–Kier alpha value is -2.53. The fourth-order valence-electron chi connectivity index (χ4n) is 4.23.